The van der Waals surface area contributed by atoms with Gasteiger partial charge in [0.25, 0.3) is 0 Å². The first-order valence-corrected chi connectivity index (χ1v) is 7.07. The molecule has 6 heteroatoms. The highest BCUT2D eigenvalue weighted by Gasteiger charge is 2.19. The highest BCUT2D eigenvalue weighted by Crippen LogP contribution is 2.11. The third-order valence-electron chi connectivity index (χ3n) is 3.36. The van der Waals surface area contributed by atoms with Crippen LogP contribution in [0, 0.1) is 0 Å². The maximum atomic E-state index is 11.6. The van der Waals surface area contributed by atoms with E-state index in [1.54, 1.807) is 24.3 Å². The Morgan fingerprint density at radius 1 is 1.24 bits per heavy atom. The summed E-state index contributed by atoms with van der Waals surface area (Å²) in [6.45, 7) is 1.04. The van der Waals surface area contributed by atoms with Crippen molar-refractivity contribution in [2.24, 2.45) is 0 Å². The Bertz CT molecular complexity index is 472. The number of aliphatic hydroxyl groups is 1. The molecule has 1 aliphatic heterocycles. The van der Waals surface area contributed by atoms with E-state index in [9.17, 15) is 14.7 Å². The average molecular weight is 292 g/mol. The van der Waals surface area contributed by atoms with Crippen molar-refractivity contribution in [3.8, 4) is 0 Å². The van der Waals surface area contributed by atoms with Gasteiger partial charge in [0.05, 0.1) is 12.2 Å². The van der Waals surface area contributed by atoms with Crippen LogP contribution in [0.4, 0.5) is 0 Å². The summed E-state index contributed by atoms with van der Waals surface area (Å²) in [5, 5.41) is 14.8. The average Bonchev–Trinajstić information content (AvgIpc) is 3.04. The van der Waals surface area contributed by atoms with Crippen molar-refractivity contribution in [1.82, 2.24) is 10.6 Å². The van der Waals surface area contributed by atoms with E-state index in [0.717, 1.165) is 12.8 Å². The van der Waals surface area contributed by atoms with Gasteiger partial charge < -0.3 is 20.5 Å². The fraction of sp³-hybridized carbons (Fsp3) is 0.467. The molecule has 0 aromatic heterocycles. The molecular weight excluding hydrogens is 272 g/mol. The fourth-order valence-electron chi connectivity index (χ4n) is 2.15. The van der Waals surface area contributed by atoms with Crippen molar-refractivity contribution < 1.29 is 19.4 Å². The Hall–Kier alpha value is -1.92. The number of hydrogen-bond donors (Lipinski definition) is 3. The number of amides is 2. The molecule has 2 amide bonds. The summed E-state index contributed by atoms with van der Waals surface area (Å²) >= 11 is 0. The smallest absolute Gasteiger partial charge is 0.309 e. The molecule has 0 saturated carbocycles. The summed E-state index contributed by atoms with van der Waals surface area (Å²) in [7, 11) is 0. The Morgan fingerprint density at radius 3 is 2.62 bits per heavy atom. The summed E-state index contributed by atoms with van der Waals surface area (Å²) < 4.78 is 5.35. The van der Waals surface area contributed by atoms with Crippen LogP contribution in [0.5, 0.6) is 0 Å². The Labute approximate surface area is 123 Å². The molecule has 21 heavy (non-hydrogen) atoms. The first-order valence-electron chi connectivity index (χ1n) is 7.07. The molecule has 0 unspecified atom stereocenters. The second kappa shape index (κ2) is 7.75. The van der Waals surface area contributed by atoms with E-state index in [1.807, 2.05) is 6.07 Å². The standard InChI is InChI=1S/C15H20N2O4/c18-13(11-5-2-1-3-6-11)10-17-15(20)14(19)16-9-12-7-4-8-21-12/h1-3,5-6,12-13,18H,4,7-10H2,(H,16,19)(H,17,20)/t12-,13-/m1/s1. The quantitative estimate of drug-likeness (QED) is 0.673. The zero-order valence-corrected chi connectivity index (χ0v) is 11.7. The molecule has 0 radical (unpaired) electrons. The van der Waals surface area contributed by atoms with E-state index in [1.165, 1.54) is 0 Å². The summed E-state index contributed by atoms with van der Waals surface area (Å²) in [6, 6.07) is 8.96. The van der Waals surface area contributed by atoms with Crippen LogP contribution in [0.1, 0.15) is 24.5 Å². The molecule has 1 aromatic carbocycles. The summed E-state index contributed by atoms with van der Waals surface area (Å²) in [6.07, 6.45) is 1.04. The van der Waals surface area contributed by atoms with Gasteiger partial charge in [-0.2, -0.15) is 0 Å². The second-order valence-corrected chi connectivity index (χ2v) is 4.98. The molecule has 0 bridgehead atoms. The van der Waals surface area contributed by atoms with Crippen LogP contribution in [-0.4, -0.2) is 42.7 Å². The highest BCUT2D eigenvalue weighted by atomic mass is 16.5. The van der Waals surface area contributed by atoms with Crippen molar-refractivity contribution in [1.29, 1.82) is 0 Å². The minimum atomic E-state index is -0.832. The molecule has 2 atom stereocenters. The van der Waals surface area contributed by atoms with E-state index >= 15 is 0 Å². The normalized spacial score (nSPS) is 19.0. The van der Waals surface area contributed by atoms with Crippen molar-refractivity contribution in [2.75, 3.05) is 19.7 Å². The molecule has 1 heterocycles. The number of aliphatic hydroxyl groups excluding tert-OH is 1. The lowest BCUT2D eigenvalue weighted by molar-refractivity contribution is -0.139. The number of benzene rings is 1. The van der Waals surface area contributed by atoms with E-state index in [4.69, 9.17) is 4.74 Å². The van der Waals surface area contributed by atoms with Crippen LogP contribution in [0.15, 0.2) is 30.3 Å². The van der Waals surface area contributed by atoms with Crippen LogP contribution in [-0.2, 0) is 14.3 Å². The largest absolute Gasteiger partial charge is 0.387 e. The van der Waals surface area contributed by atoms with Gasteiger partial charge in [0.2, 0.25) is 0 Å². The summed E-state index contributed by atoms with van der Waals surface area (Å²) in [5.74, 6) is -1.45. The maximum Gasteiger partial charge on any atom is 0.309 e. The van der Waals surface area contributed by atoms with Crippen molar-refractivity contribution in [3.63, 3.8) is 0 Å². The minimum absolute atomic E-state index is 0.00309. The third-order valence-corrected chi connectivity index (χ3v) is 3.36. The number of carbonyl (C=O) groups excluding carboxylic acids is 2. The number of nitrogens with one attached hydrogen (secondary N) is 2. The predicted octanol–water partition coefficient (Wildman–Crippen LogP) is 0.131. The maximum absolute atomic E-state index is 11.6. The van der Waals surface area contributed by atoms with Crippen molar-refractivity contribution in [3.05, 3.63) is 35.9 Å². The highest BCUT2D eigenvalue weighted by molar-refractivity contribution is 6.35. The van der Waals surface area contributed by atoms with E-state index in [0.29, 0.717) is 18.7 Å². The van der Waals surface area contributed by atoms with Gasteiger partial charge >= 0.3 is 11.8 Å². The topological polar surface area (TPSA) is 87.7 Å². The lowest BCUT2D eigenvalue weighted by Crippen LogP contribution is -2.43. The van der Waals surface area contributed by atoms with Crippen LogP contribution < -0.4 is 10.6 Å². The van der Waals surface area contributed by atoms with E-state index < -0.39 is 17.9 Å². The van der Waals surface area contributed by atoms with Gasteiger partial charge in [-0.3, -0.25) is 9.59 Å². The van der Waals surface area contributed by atoms with Gasteiger partial charge in [0.15, 0.2) is 0 Å². The lowest BCUT2D eigenvalue weighted by Gasteiger charge is -2.13. The minimum Gasteiger partial charge on any atom is -0.387 e. The molecule has 0 aliphatic carbocycles. The van der Waals surface area contributed by atoms with Gasteiger partial charge in [0, 0.05) is 19.7 Å². The van der Waals surface area contributed by atoms with Gasteiger partial charge in [0.1, 0.15) is 0 Å². The molecule has 1 aromatic rings. The summed E-state index contributed by atoms with van der Waals surface area (Å²) in [5.41, 5.74) is 0.692. The van der Waals surface area contributed by atoms with Crippen LogP contribution in [0.3, 0.4) is 0 Å². The van der Waals surface area contributed by atoms with Gasteiger partial charge in [-0.1, -0.05) is 30.3 Å². The Morgan fingerprint density at radius 2 is 1.95 bits per heavy atom. The zero-order valence-electron chi connectivity index (χ0n) is 11.7. The molecule has 2 rings (SSSR count). The monoisotopic (exact) mass is 292 g/mol. The SMILES string of the molecule is O=C(NC[C@H]1CCCO1)C(=O)NC[C@@H](O)c1ccccc1. The zero-order chi connectivity index (χ0) is 15.1. The third kappa shape index (κ3) is 4.84. The second-order valence-electron chi connectivity index (χ2n) is 4.98. The first kappa shape index (κ1) is 15.5. The molecule has 1 saturated heterocycles. The first-order chi connectivity index (χ1) is 10.2. The molecular formula is C15H20N2O4. The van der Waals surface area contributed by atoms with Crippen LogP contribution in [0.25, 0.3) is 0 Å². The van der Waals surface area contributed by atoms with Crippen LogP contribution >= 0.6 is 0 Å². The van der Waals surface area contributed by atoms with Crippen LogP contribution in [0.2, 0.25) is 0 Å². The molecule has 6 nitrogen and oxygen atoms in total. The van der Waals surface area contributed by atoms with Gasteiger partial charge in [-0.15, -0.1) is 0 Å². The molecule has 1 aliphatic rings. The van der Waals surface area contributed by atoms with Gasteiger partial charge in [-0.05, 0) is 18.4 Å². The molecule has 3 N–H and O–H groups in total. The lowest BCUT2D eigenvalue weighted by atomic mass is 10.1. The van der Waals surface area contributed by atoms with E-state index in [2.05, 4.69) is 10.6 Å². The Balaban J connectivity index is 1.69. The van der Waals surface area contributed by atoms with Crippen molar-refractivity contribution >= 4 is 11.8 Å². The van der Waals surface area contributed by atoms with E-state index in [-0.39, 0.29) is 12.6 Å². The number of rotatable bonds is 5. The predicted molar refractivity (Wildman–Crippen MR) is 76.4 cm³/mol. The fourth-order valence-corrected chi connectivity index (χ4v) is 2.15. The van der Waals surface area contributed by atoms with Gasteiger partial charge in [-0.25, -0.2) is 0 Å². The summed E-state index contributed by atoms with van der Waals surface area (Å²) in [4.78, 5) is 23.2. The number of hydrogen-bond acceptors (Lipinski definition) is 4. The molecule has 0 spiro atoms. The number of carbonyl (C=O) groups is 2. The molecule has 1 fully saturated rings. The van der Waals surface area contributed by atoms with Crippen molar-refractivity contribution in [2.45, 2.75) is 25.0 Å². The molecule has 114 valence electrons. The number of ether oxygens (including phenoxy) is 1. The Kier molecular flexibility index (Phi) is 5.71.